The van der Waals surface area contributed by atoms with Crippen LogP contribution in [0.4, 0.5) is 5.69 Å². The number of aryl methyl sites for hydroxylation is 1. The molecule has 0 spiro atoms. The average Bonchev–Trinajstić information content (AvgIpc) is 3.06. The van der Waals surface area contributed by atoms with Gasteiger partial charge in [0.05, 0.1) is 6.54 Å². The highest BCUT2D eigenvalue weighted by molar-refractivity contribution is 5.99. The number of hydrogen-bond acceptors (Lipinski definition) is 5. The second-order valence-corrected chi connectivity index (χ2v) is 5.62. The minimum absolute atomic E-state index is 0.169. The van der Waals surface area contributed by atoms with Crippen molar-refractivity contribution in [3.63, 3.8) is 0 Å². The quantitative estimate of drug-likeness (QED) is 0.646. The van der Waals surface area contributed by atoms with E-state index in [1.165, 1.54) is 0 Å². The van der Waals surface area contributed by atoms with Crippen molar-refractivity contribution in [2.45, 2.75) is 6.92 Å². The number of hydrogen-bond donors (Lipinski definition) is 3. The predicted octanol–water partition coefficient (Wildman–Crippen LogP) is 1.71. The highest BCUT2D eigenvalue weighted by Gasteiger charge is 2.10. The van der Waals surface area contributed by atoms with E-state index >= 15 is 0 Å². The first-order chi connectivity index (χ1) is 12.5. The number of amides is 2. The van der Waals surface area contributed by atoms with Gasteiger partial charge < -0.3 is 10.6 Å². The first-order valence-electron chi connectivity index (χ1n) is 7.82. The lowest BCUT2D eigenvalue weighted by Crippen LogP contribution is -2.32. The lowest BCUT2D eigenvalue weighted by atomic mass is 10.1. The lowest BCUT2D eigenvalue weighted by molar-refractivity contribution is -0.115. The molecule has 0 aliphatic rings. The number of aromatic nitrogens is 2. The van der Waals surface area contributed by atoms with E-state index in [-0.39, 0.29) is 24.2 Å². The maximum Gasteiger partial charge on any atom is 0.439 e. The molecule has 0 saturated heterocycles. The van der Waals surface area contributed by atoms with Gasteiger partial charge in [0.1, 0.15) is 0 Å². The maximum atomic E-state index is 12.1. The van der Waals surface area contributed by atoms with Crippen LogP contribution >= 0.6 is 0 Å². The fourth-order valence-electron chi connectivity index (χ4n) is 2.35. The number of aromatic amines is 1. The summed E-state index contributed by atoms with van der Waals surface area (Å²) < 4.78 is 4.46. The standard InChI is InChI=1S/C18H16N4O4/c1-11-4-2-6-13(8-11)17(24)19-10-15(23)20-14-7-3-5-12(9-14)16-21-18(25)26-22-16/h2-9H,10H2,1H3,(H,19,24)(H,20,23)(H,21,22,25). The summed E-state index contributed by atoms with van der Waals surface area (Å²) in [4.78, 5) is 37.6. The van der Waals surface area contributed by atoms with E-state index in [0.717, 1.165) is 5.56 Å². The van der Waals surface area contributed by atoms with Gasteiger partial charge in [-0.25, -0.2) is 4.79 Å². The van der Waals surface area contributed by atoms with Gasteiger partial charge in [0, 0.05) is 16.8 Å². The van der Waals surface area contributed by atoms with Gasteiger partial charge in [-0.05, 0) is 31.2 Å². The van der Waals surface area contributed by atoms with Crippen molar-refractivity contribution < 1.29 is 14.1 Å². The summed E-state index contributed by atoms with van der Waals surface area (Å²) in [6.45, 7) is 1.72. The second-order valence-electron chi connectivity index (χ2n) is 5.62. The zero-order valence-electron chi connectivity index (χ0n) is 13.9. The molecular formula is C18H16N4O4. The molecule has 3 N–H and O–H groups in total. The Hall–Kier alpha value is -3.68. The zero-order chi connectivity index (χ0) is 18.5. The van der Waals surface area contributed by atoms with Crippen LogP contribution in [-0.2, 0) is 4.79 Å². The second kappa shape index (κ2) is 7.47. The fourth-order valence-corrected chi connectivity index (χ4v) is 2.35. The van der Waals surface area contributed by atoms with Crippen molar-refractivity contribution in [3.8, 4) is 11.4 Å². The third kappa shape index (κ3) is 4.23. The highest BCUT2D eigenvalue weighted by Crippen LogP contribution is 2.18. The molecule has 2 aromatic carbocycles. The van der Waals surface area contributed by atoms with Crippen molar-refractivity contribution >= 4 is 17.5 Å². The highest BCUT2D eigenvalue weighted by atomic mass is 16.5. The van der Waals surface area contributed by atoms with E-state index in [9.17, 15) is 14.4 Å². The van der Waals surface area contributed by atoms with Crippen LogP contribution in [0.1, 0.15) is 15.9 Å². The number of nitrogens with one attached hydrogen (secondary N) is 3. The summed E-state index contributed by atoms with van der Waals surface area (Å²) in [6, 6.07) is 13.8. The third-order valence-corrected chi connectivity index (χ3v) is 3.55. The molecule has 132 valence electrons. The Morgan fingerprint density at radius 1 is 1.15 bits per heavy atom. The predicted molar refractivity (Wildman–Crippen MR) is 94.7 cm³/mol. The van der Waals surface area contributed by atoms with Crippen molar-refractivity contribution in [1.82, 2.24) is 15.5 Å². The molecule has 8 heteroatoms. The van der Waals surface area contributed by atoms with Crippen molar-refractivity contribution in [2.24, 2.45) is 0 Å². The Labute approximate surface area is 148 Å². The first kappa shape index (κ1) is 17.2. The molecule has 0 saturated carbocycles. The molecule has 0 unspecified atom stereocenters. The maximum absolute atomic E-state index is 12.1. The van der Waals surface area contributed by atoms with E-state index in [1.807, 2.05) is 13.0 Å². The summed E-state index contributed by atoms with van der Waals surface area (Å²) in [5.74, 6) is -1.10. The summed E-state index contributed by atoms with van der Waals surface area (Å²) in [7, 11) is 0. The van der Waals surface area contributed by atoms with Crippen LogP contribution in [0.5, 0.6) is 0 Å². The Morgan fingerprint density at radius 3 is 2.69 bits per heavy atom. The average molecular weight is 352 g/mol. The van der Waals surface area contributed by atoms with Crippen LogP contribution in [0.2, 0.25) is 0 Å². The van der Waals surface area contributed by atoms with Crippen molar-refractivity contribution in [1.29, 1.82) is 0 Å². The summed E-state index contributed by atoms with van der Waals surface area (Å²) in [5, 5.41) is 8.84. The van der Waals surface area contributed by atoms with E-state index in [1.54, 1.807) is 42.5 Å². The SMILES string of the molecule is Cc1cccc(C(=O)NCC(=O)Nc2cccc(-c3noc(=O)[nH]3)c2)c1. The minimum Gasteiger partial charge on any atom is -0.343 e. The number of anilines is 1. The summed E-state index contributed by atoms with van der Waals surface area (Å²) >= 11 is 0. The third-order valence-electron chi connectivity index (χ3n) is 3.55. The number of H-pyrrole nitrogens is 1. The Morgan fingerprint density at radius 2 is 1.96 bits per heavy atom. The molecule has 0 aliphatic carbocycles. The lowest BCUT2D eigenvalue weighted by Gasteiger charge is -2.08. The summed E-state index contributed by atoms with van der Waals surface area (Å²) in [6.07, 6.45) is 0. The van der Waals surface area contributed by atoms with Crippen LogP contribution < -0.4 is 16.4 Å². The monoisotopic (exact) mass is 352 g/mol. The van der Waals surface area contributed by atoms with Crippen LogP contribution in [0.25, 0.3) is 11.4 Å². The zero-order valence-corrected chi connectivity index (χ0v) is 13.9. The molecule has 0 radical (unpaired) electrons. The number of carbonyl (C=O) groups is 2. The smallest absolute Gasteiger partial charge is 0.343 e. The molecule has 1 heterocycles. The number of benzene rings is 2. The van der Waals surface area contributed by atoms with E-state index in [4.69, 9.17) is 0 Å². The Bertz CT molecular complexity index is 1010. The molecule has 3 aromatic rings. The van der Waals surface area contributed by atoms with Gasteiger partial charge in [-0.15, -0.1) is 0 Å². The van der Waals surface area contributed by atoms with Gasteiger partial charge in [0.2, 0.25) is 5.91 Å². The molecule has 0 bridgehead atoms. The Balaban J connectivity index is 1.60. The summed E-state index contributed by atoms with van der Waals surface area (Å²) in [5.41, 5.74) is 2.54. The molecule has 0 atom stereocenters. The normalized spacial score (nSPS) is 10.3. The van der Waals surface area contributed by atoms with E-state index in [2.05, 4.69) is 25.3 Å². The number of carbonyl (C=O) groups excluding carboxylic acids is 2. The molecule has 0 aliphatic heterocycles. The Kier molecular flexibility index (Phi) is 4.93. The van der Waals surface area contributed by atoms with Gasteiger partial charge in [-0.2, -0.15) is 0 Å². The van der Waals surface area contributed by atoms with E-state index < -0.39 is 5.76 Å². The first-order valence-corrected chi connectivity index (χ1v) is 7.82. The largest absolute Gasteiger partial charge is 0.439 e. The molecule has 1 aromatic heterocycles. The van der Waals surface area contributed by atoms with Crippen LogP contribution in [0.3, 0.4) is 0 Å². The van der Waals surface area contributed by atoms with Gasteiger partial charge in [-0.1, -0.05) is 35.0 Å². The number of nitrogens with zero attached hydrogens (tertiary/aromatic N) is 1. The molecule has 8 nitrogen and oxygen atoms in total. The van der Waals surface area contributed by atoms with Gasteiger partial charge in [-0.3, -0.25) is 19.1 Å². The van der Waals surface area contributed by atoms with Crippen LogP contribution in [0, 0.1) is 6.92 Å². The molecule has 26 heavy (non-hydrogen) atoms. The molecule has 0 fully saturated rings. The minimum atomic E-state index is -0.659. The van der Waals surface area contributed by atoms with Crippen LogP contribution in [-0.4, -0.2) is 28.5 Å². The van der Waals surface area contributed by atoms with Gasteiger partial charge in [0.15, 0.2) is 5.82 Å². The van der Waals surface area contributed by atoms with Crippen LogP contribution in [0.15, 0.2) is 57.8 Å². The van der Waals surface area contributed by atoms with Gasteiger partial charge in [0.25, 0.3) is 5.91 Å². The number of rotatable bonds is 5. The molecular weight excluding hydrogens is 336 g/mol. The van der Waals surface area contributed by atoms with E-state index in [0.29, 0.717) is 16.8 Å². The fraction of sp³-hybridized carbons (Fsp3) is 0.111. The van der Waals surface area contributed by atoms with Gasteiger partial charge >= 0.3 is 5.76 Å². The molecule has 3 rings (SSSR count). The topological polar surface area (TPSA) is 117 Å². The van der Waals surface area contributed by atoms with Crippen molar-refractivity contribution in [3.05, 3.63) is 70.2 Å². The van der Waals surface area contributed by atoms with Crippen molar-refractivity contribution in [2.75, 3.05) is 11.9 Å². The molecule has 2 amide bonds.